The van der Waals surface area contributed by atoms with Crippen LogP contribution in [0.4, 0.5) is 0 Å². The van der Waals surface area contributed by atoms with Gasteiger partial charge in [-0.25, -0.2) is 0 Å². The average molecular weight is 444 g/mol. The van der Waals surface area contributed by atoms with Gasteiger partial charge in [0.1, 0.15) is 30.4 Å². The summed E-state index contributed by atoms with van der Waals surface area (Å²) in [4.78, 5) is 18.5. The summed E-state index contributed by atoms with van der Waals surface area (Å²) in [5, 5.41) is 10.5. The molecule has 0 aliphatic carbocycles. The standard InChI is InChI=1S/C23H26ClN3O4/c1-23(2,29)26(3)12-13-30-20-8-6-19(7-9-20)27-11-10-21(14-22(27)28)31-16-18-5-4-17(24)15-25-18/h4-11,14-15,29H,12-13,16H2,1-3H3. The van der Waals surface area contributed by atoms with Crippen molar-refractivity contribution in [3.05, 3.63) is 82.0 Å². The highest BCUT2D eigenvalue weighted by Gasteiger charge is 2.18. The monoisotopic (exact) mass is 443 g/mol. The molecule has 0 unspecified atom stereocenters. The summed E-state index contributed by atoms with van der Waals surface area (Å²) in [5.41, 5.74) is 0.340. The Kier molecular flexibility index (Phi) is 7.33. The Labute approximate surface area is 186 Å². The molecule has 0 saturated heterocycles. The Morgan fingerprint density at radius 2 is 1.84 bits per heavy atom. The van der Waals surface area contributed by atoms with Gasteiger partial charge in [-0.1, -0.05) is 11.6 Å². The number of halogens is 1. The zero-order valence-electron chi connectivity index (χ0n) is 17.8. The lowest BCUT2D eigenvalue weighted by atomic mass is 10.2. The summed E-state index contributed by atoms with van der Waals surface area (Å²) in [6, 6.07) is 13.9. The van der Waals surface area contributed by atoms with Crippen molar-refractivity contribution in [1.29, 1.82) is 0 Å². The van der Waals surface area contributed by atoms with E-state index < -0.39 is 5.72 Å². The first-order valence-corrected chi connectivity index (χ1v) is 10.2. The molecule has 1 aromatic carbocycles. The van der Waals surface area contributed by atoms with Crippen LogP contribution in [0.1, 0.15) is 19.5 Å². The first kappa shape index (κ1) is 22.8. The Balaban J connectivity index is 1.58. The third-order valence-electron chi connectivity index (χ3n) is 4.81. The summed E-state index contributed by atoms with van der Waals surface area (Å²) < 4.78 is 12.9. The van der Waals surface area contributed by atoms with Gasteiger partial charge in [0.25, 0.3) is 5.56 Å². The van der Waals surface area contributed by atoms with E-state index in [1.54, 1.807) is 49.3 Å². The van der Waals surface area contributed by atoms with E-state index in [0.717, 1.165) is 11.4 Å². The molecule has 0 spiro atoms. The molecule has 2 aromatic heterocycles. The van der Waals surface area contributed by atoms with Gasteiger partial charge < -0.3 is 14.6 Å². The molecule has 0 fully saturated rings. The van der Waals surface area contributed by atoms with Gasteiger partial charge in [0, 0.05) is 30.7 Å². The van der Waals surface area contributed by atoms with Gasteiger partial charge in [-0.15, -0.1) is 0 Å². The first-order valence-electron chi connectivity index (χ1n) is 9.85. The van der Waals surface area contributed by atoms with E-state index in [1.165, 1.54) is 10.6 Å². The van der Waals surface area contributed by atoms with Crippen molar-refractivity contribution in [3.63, 3.8) is 0 Å². The van der Waals surface area contributed by atoms with Gasteiger partial charge in [0.2, 0.25) is 0 Å². The van der Waals surface area contributed by atoms with Crippen LogP contribution in [0.15, 0.2) is 65.7 Å². The van der Waals surface area contributed by atoms with Crippen LogP contribution in [0.2, 0.25) is 5.02 Å². The second kappa shape index (κ2) is 9.96. The zero-order valence-corrected chi connectivity index (χ0v) is 18.5. The molecule has 2 heterocycles. The number of nitrogens with zero attached hydrogens (tertiary/aromatic N) is 3. The maximum absolute atomic E-state index is 12.5. The van der Waals surface area contributed by atoms with Gasteiger partial charge in [-0.05, 0) is 63.4 Å². The Morgan fingerprint density at radius 1 is 1.10 bits per heavy atom. The number of ether oxygens (including phenoxy) is 2. The molecule has 8 heteroatoms. The summed E-state index contributed by atoms with van der Waals surface area (Å²) in [6.07, 6.45) is 3.22. The lowest BCUT2D eigenvalue weighted by molar-refractivity contribution is -0.0670. The van der Waals surface area contributed by atoms with E-state index in [2.05, 4.69) is 4.98 Å². The van der Waals surface area contributed by atoms with Crippen molar-refractivity contribution < 1.29 is 14.6 Å². The third kappa shape index (κ3) is 6.55. The Hall–Kier alpha value is -2.87. The van der Waals surface area contributed by atoms with E-state index in [-0.39, 0.29) is 12.2 Å². The van der Waals surface area contributed by atoms with Crippen molar-refractivity contribution >= 4 is 11.6 Å². The normalized spacial score (nSPS) is 11.5. The molecule has 1 N–H and O–H groups in total. The first-order chi connectivity index (χ1) is 14.7. The number of pyridine rings is 2. The van der Waals surface area contributed by atoms with Crippen molar-refractivity contribution in [2.24, 2.45) is 0 Å². The van der Waals surface area contributed by atoms with E-state index in [9.17, 15) is 9.90 Å². The van der Waals surface area contributed by atoms with Crippen LogP contribution in [-0.4, -0.2) is 45.5 Å². The second-order valence-electron chi connectivity index (χ2n) is 7.59. The predicted molar refractivity (Wildman–Crippen MR) is 120 cm³/mol. The largest absolute Gasteiger partial charge is 0.492 e. The van der Waals surface area contributed by atoms with Crippen LogP contribution in [0.5, 0.6) is 11.5 Å². The Bertz CT molecular complexity index is 1040. The summed E-state index contributed by atoms with van der Waals surface area (Å²) in [5.74, 6) is 1.16. The third-order valence-corrected chi connectivity index (χ3v) is 5.03. The van der Waals surface area contributed by atoms with Crippen molar-refractivity contribution in [3.8, 4) is 17.2 Å². The smallest absolute Gasteiger partial charge is 0.258 e. The topological polar surface area (TPSA) is 76.8 Å². The molecule has 0 amide bonds. The highest BCUT2D eigenvalue weighted by atomic mass is 35.5. The fraction of sp³-hybridized carbons (Fsp3) is 0.304. The van der Waals surface area contributed by atoms with Crippen LogP contribution in [0.3, 0.4) is 0 Å². The van der Waals surface area contributed by atoms with E-state index in [0.29, 0.717) is 29.7 Å². The van der Waals surface area contributed by atoms with Gasteiger partial charge >= 0.3 is 0 Å². The fourth-order valence-electron chi connectivity index (χ4n) is 2.69. The molecule has 3 aromatic rings. The quantitative estimate of drug-likeness (QED) is 0.510. The molecule has 0 saturated carbocycles. The number of hydrogen-bond acceptors (Lipinski definition) is 6. The minimum Gasteiger partial charge on any atom is -0.492 e. The van der Waals surface area contributed by atoms with E-state index in [1.807, 2.05) is 31.3 Å². The molecule has 3 rings (SSSR count). The Morgan fingerprint density at radius 3 is 2.45 bits per heavy atom. The molecule has 31 heavy (non-hydrogen) atoms. The van der Waals surface area contributed by atoms with E-state index >= 15 is 0 Å². The highest BCUT2D eigenvalue weighted by Crippen LogP contribution is 2.17. The highest BCUT2D eigenvalue weighted by molar-refractivity contribution is 6.30. The van der Waals surface area contributed by atoms with Crippen molar-refractivity contribution in [2.75, 3.05) is 20.2 Å². The summed E-state index contributed by atoms with van der Waals surface area (Å²) >= 11 is 5.82. The minimum atomic E-state index is -0.893. The van der Waals surface area contributed by atoms with Crippen LogP contribution < -0.4 is 15.0 Å². The molecule has 0 atom stereocenters. The second-order valence-corrected chi connectivity index (χ2v) is 8.02. The minimum absolute atomic E-state index is 0.206. The number of benzene rings is 1. The van der Waals surface area contributed by atoms with Crippen LogP contribution >= 0.6 is 11.6 Å². The van der Waals surface area contributed by atoms with Gasteiger partial charge in [0.05, 0.1) is 10.7 Å². The van der Waals surface area contributed by atoms with Gasteiger partial charge in [0.15, 0.2) is 0 Å². The fourth-order valence-corrected chi connectivity index (χ4v) is 2.80. The van der Waals surface area contributed by atoms with Crippen molar-refractivity contribution in [2.45, 2.75) is 26.2 Å². The SMILES string of the molecule is CN(CCOc1ccc(-n2ccc(OCc3ccc(Cl)cn3)cc2=O)cc1)C(C)(C)O. The molecule has 164 valence electrons. The maximum atomic E-state index is 12.5. The number of aliphatic hydroxyl groups is 1. The molecule has 0 aliphatic heterocycles. The predicted octanol–water partition coefficient (Wildman–Crippen LogP) is 3.50. The number of rotatable bonds is 9. The molecule has 0 radical (unpaired) electrons. The molecular formula is C23H26ClN3O4. The number of aromatic nitrogens is 2. The maximum Gasteiger partial charge on any atom is 0.258 e. The average Bonchev–Trinajstić information content (AvgIpc) is 2.73. The zero-order chi connectivity index (χ0) is 22.4. The van der Waals surface area contributed by atoms with Crippen molar-refractivity contribution in [1.82, 2.24) is 14.5 Å². The molecule has 7 nitrogen and oxygen atoms in total. The van der Waals surface area contributed by atoms with E-state index in [4.69, 9.17) is 21.1 Å². The number of likely N-dealkylation sites (N-methyl/N-ethyl adjacent to an activating group) is 1. The molecule has 0 aliphatic rings. The van der Waals surface area contributed by atoms with Gasteiger partial charge in [-0.2, -0.15) is 0 Å². The number of hydrogen-bond donors (Lipinski definition) is 1. The van der Waals surface area contributed by atoms with Crippen LogP contribution in [0.25, 0.3) is 5.69 Å². The lowest BCUT2D eigenvalue weighted by Crippen LogP contribution is -2.42. The van der Waals surface area contributed by atoms with Crippen LogP contribution in [0, 0.1) is 0 Å². The lowest BCUT2D eigenvalue weighted by Gasteiger charge is -2.29. The summed E-state index contributed by atoms with van der Waals surface area (Å²) in [7, 11) is 1.83. The van der Waals surface area contributed by atoms with Gasteiger partial charge in [-0.3, -0.25) is 19.2 Å². The molecular weight excluding hydrogens is 418 g/mol. The molecule has 0 bridgehead atoms. The summed E-state index contributed by atoms with van der Waals surface area (Å²) in [6.45, 7) is 4.72. The van der Waals surface area contributed by atoms with Crippen LogP contribution in [-0.2, 0) is 6.61 Å².